The summed E-state index contributed by atoms with van der Waals surface area (Å²) < 4.78 is 0. The number of carbonyl (C=O) groups excluding carboxylic acids is 1. The van der Waals surface area contributed by atoms with Gasteiger partial charge in [0.05, 0.1) is 5.52 Å². The number of nitrogens with zero attached hydrogens (tertiary/aromatic N) is 2. The molecular formula is C13H11ClN2O. The molecule has 0 radical (unpaired) electrons. The van der Waals surface area contributed by atoms with Gasteiger partial charge in [-0.2, -0.15) is 0 Å². The zero-order valence-corrected chi connectivity index (χ0v) is 9.94. The standard InChI is InChI=1S/C13H11ClN2O/c14-10-4-2-9-3-5-11(15-12(9)8-10)13(17)16-6-1-7-16/h2-5,8H,1,6-7H2. The largest absolute Gasteiger partial charge is 0.337 e. The molecule has 1 amide bonds. The molecule has 2 aromatic rings. The number of hydrogen-bond acceptors (Lipinski definition) is 2. The minimum Gasteiger partial charge on any atom is -0.337 e. The Hall–Kier alpha value is -1.61. The van der Waals surface area contributed by atoms with Crippen LogP contribution in [0.4, 0.5) is 0 Å². The van der Waals surface area contributed by atoms with E-state index >= 15 is 0 Å². The molecule has 1 aromatic heterocycles. The van der Waals surface area contributed by atoms with E-state index < -0.39 is 0 Å². The average Bonchev–Trinajstić information content (AvgIpc) is 2.25. The molecule has 1 aliphatic rings. The van der Waals surface area contributed by atoms with Gasteiger partial charge in [-0.15, -0.1) is 0 Å². The first-order chi connectivity index (χ1) is 8.24. The second kappa shape index (κ2) is 4.00. The van der Waals surface area contributed by atoms with Gasteiger partial charge in [0, 0.05) is 23.5 Å². The number of halogens is 1. The van der Waals surface area contributed by atoms with E-state index in [0.29, 0.717) is 10.7 Å². The first kappa shape index (κ1) is 10.5. The first-order valence-corrected chi connectivity index (χ1v) is 5.97. The molecule has 1 saturated heterocycles. The van der Waals surface area contributed by atoms with Gasteiger partial charge in [0.15, 0.2) is 0 Å². The Balaban J connectivity index is 2.02. The summed E-state index contributed by atoms with van der Waals surface area (Å²) in [7, 11) is 0. The van der Waals surface area contributed by atoms with Crippen molar-refractivity contribution in [1.29, 1.82) is 0 Å². The van der Waals surface area contributed by atoms with E-state index in [1.165, 1.54) is 0 Å². The first-order valence-electron chi connectivity index (χ1n) is 5.60. The van der Waals surface area contributed by atoms with E-state index in [-0.39, 0.29) is 5.91 Å². The summed E-state index contributed by atoms with van der Waals surface area (Å²) in [6.07, 6.45) is 1.09. The van der Waals surface area contributed by atoms with Crippen LogP contribution in [-0.4, -0.2) is 28.9 Å². The minimum absolute atomic E-state index is 0.0122. The van der Waals surface area contributed by atoms with Crippen molar-refractivity contribution in [3.8, 4) is 0 Å². The fourth-order valence-corrected chi connectivity index (χ4v) is 2.06. The maximum absolute atomic E-state index is 12.0. The van der Waals surface area contributed by atoms with Gasteiger partial charge >= 0.3 is 0 Å². The van der Waals surface area contributed by atoms with Crippen LogP contribution in [0.3, 0.4) is 0 Å². The van der Waals surface area contributed by atoms with Gasteiger partial charge in [-0.05, 0) is 24.6 Å². The van der Waals surface area contributed by atoms with E-state index in [9.17, 15) is 4.79 Å². The van der Waals surface area contributed by atoms with Crippen molar-refractivity contribution in [2.45, 2.75) is 6.42 Å². The van der Waals surface area contributed by atoms with Crippen LogP contribution < -0.4 is 0 Å². The average molecular weight is 247 g/mol. The maximum atomic E-state index is 12.0. The summed E-state index contributed by atoms with van der Waals surface area (Å²) >= 11 is 5.92. The summed E-state index contributed by atoms with van der Waals surface area (Å²) in [5, 5.41) is 1.63. The quantitative estimate of drug-likeness (QED) is 0.775. The number of aromatic nitrogens is 1. The Morgan fingerprint density at radius 3 is 2.71 bits per heavy atom. The minimum atomic E-state index is 0.0122. The van der Waals surface area contributed by atoms with Gasteiger partial charge in [-0.3, -0.25) is 4.79 Å². The molecule has 0 aliphatic carbocycles. The molecule has 0 unspecified atom stereocenters. The Morgan fingerprint density at radius 2 is 2.00 bits per heavy atom. The maximum Gasteiger partial charge on any atom is 0.272 e. The molecule has 0 bridgehead atoms. The molecule has 0 saturated carbocycles. The highest BCUT2D eigenvalue weighted by molar-refractivity contribution is 6.31. The number of carbonyl (C=O) groups is 1. The molecule has 17 heavy (non-hydrogen) atoms. The number of likely N-dealkylation sites (tertiary alicyclic amines) is 1. The number of amides is 1. The zero-order valence-electron chi connectivity index (χ0n) is 9.19. The molecule has 3 nitrogen and oxygen atoms in total. The van der Waals surface area contributed by atoms with E-state index in [4.69, 9.17) is 11.6 Å². The Labute approximate surface area is 104 Å². The molecule has 1 aliphatic heterocycles. The predicted octanol–water partition coefficient (Wildman–Crippen LogP) is 2.73. The number of rotatable bonds is 1. The smallest absolute Gasteiger partial charge is 0.272 e. The molecule has 0 atom stereocenters. The van der Waals surface area contributed by atoms with Crippen LogP contribution in [0.5, 0.6) is 0 Å². The van der Waals surface area contributed by atoms with Crippen molar-refractivity contribution >= 4 is 28.4 Å². The Kier molecular flexibility index (Phi) is 2.48. The second-order valence-corrected chi connectivity index (χ2v) is 4.62. The van der Waals surface area contributed by atoms with Crippen molar-refractivity contribution in [3.63, 3.8) is 0 Å². The van der Waals surface area contributed by atoms with Crippen molar-refractivity contribution in [1.82, 2.24) is 9.88 Å². The van der Waals surface area contributed by atoms with Crippen LogP contribution >= 0.6 is 11.6 Å². The third kappa shape index (κ3) is 1.87. The van der Waals surface area contributed by atoms with Crippen molar-refractivity contribution in [3.05, 3.63) is 41.0 Å². The highest BCUT2D eigenvalue weighted by atomic mass is 35.5. The number of fused-ring (bicyclic) bond motifs is 1. The van der Waals surface area contributed by atoms with E-state index in [2.05, 4.69) is 4.98 Å². The number of pyridine rings is 1. The van der Waals surface area contributed by atoms with Gasteiger partial charge < -0.3 is 4.90 Å². The zero-order chi connectivity index (χ0) is 11.8. The summed E-state index contributed by atoms with van der Waals surface area (Å²) in [5.74, 6) is 0.0122. The van der Waals surface area contributed by atoms with Crippen molar-refractivity contribution in [2.24, 2.45) is 0 Å². The van der Waals surface area contributed by atoms with Crippen LogP contribution in [0, 0.1) is 0 Å². The lowest BCUT2D eigenvalue weighted by Gasteiger charge is -2.30. The SMILES string of the molecule is O=C(c1ccc2ccc(Cl)cc2n1)N1CCC1. The highest BCUT2D eigenvalue weighted by Gasteiger charge is 2.22. The lowest BCUT2D eigenvalue weighted by Crippen LogP contribution is -2.42. The van der Waals surface area contributed by atoms with Crippen LogP contribution in [-0.2, 0) is 0 Å². The summed E-state index contributed by atoms with van der Waals surface area (Å²) in [5.41, 5.74) is 1.27. The molecule has 0 N–H and O–H groups in total. The lowest BCUT2D eigenvalue weighted by atomic mass is 10.1. The molecule has 0 spiro atoms. The summed E-state index contributed by atoms with van der Waals surface area (Å²) in [6.45, 7) is 1.68. The van der Waals surface area contributed by atoms with Crippen molar-refractivity contribution in [2.75, 3.05) is 13.1 Å². The van der Waals surface area contributed by atoms with Crippen molar-refractivity contribution < 1.29 is 4.79 Å². The number of benzene rings is 1. The van der Waals surface area contributed by atoms with Gasteiger partial charge in [-0.25, -0.2) is 4.98 Å². The van der Waals surface area contributed by atoms with Gasteiger partial charge in [0.25, 0.3) is 5.91 Å². The van der Waals surface area contributed by atoms with Crippen LogP contribution in [0.1, 0.15) is 16.9 Å². The molecule has 1 aromatic carbocycles. The van der Waals surface area contributed by atoms with E-state index in [1.54, 1.807) is 17.0 Å². The Morgan fingerprint density at radius 1 is 1.24 bits per heavy atom. The third-order valence-electron chi connectivity index (χ3n) is 3.02. The predicted molar refractivity (Wildman–Crippen MR) is 67.3 cm³/mol. The fraction of sp³-hybridized carbons (Fsp3) is 0.231. The molecule has 86 valence electrons. The molecular weight excluding hydrogens is 236 g/mol. The highest BCUT2D eigenvalue weighted by Crippen LogP contribution is 2.19. The summed E-state index contributed by atoms with van der Waals surface area (Å²) in [4.78, 5) is 18.2. The van der Waals surface area contributed by atoms with Crippen LogP contribution in [0.15, 0.2) is 30.3 Å². The van der Waals surface area contributed by atoms with Crippen LogP contribution in [0.25, 0.3) is 10.9 Å². The van der Waals surface area contributed by atoms with Crippen LogP contribution in [0.2, 0.25) is 5.02 Å². The van der Waals surface area contributed by atoms with Gasteiger partial charge in [0.1, 0.15) is 5.69 Å². The molecule has 2 heterocycles. The topological polar surface area (TPSA) is 33.2 Å². The second-order valence-electron chi connectivity index (χ2n) is 4.18. The molecule has 3 rings (SSSR count). The van der Waals surface area contributed by atoms with E-state index in [1.807, 2.05) is 18.2 Å². The van der Waals surface area contributed by atoms with Gasteiger partial charge in [-0.1, -0.05) is 23.7 Å². The monoisotopic (exact) mass is 246 g/mol. The van der Waals surface area contributed by atoms with Gasteiger partial charge in [0.2, 0.25) is 0 Å². The molecule has 4 heteroatoms. The Bertz CT molecular complexity index is 593. The fourth-order valence-electron chi connectivity index (χ4n) is 1.89. The third-order valence-corrected chi connectivity index (χ3v) is 3.25. The number of hydrogen-bond donors (Lipinski definition) is 0. The summed E-state index contributed by atoms with van der Waals surface area (Å²) in [6, 6.07) is 9.19. The molecule has 1 fully saturated rings. The lowest BCUT2D eigenvalue weighted by molar-refractivity contribution is 0.0646. The normalized spacial score (nSPS) is 14.8. The van der Waals surface area contributed by atoms with E-state index in [0.717, 1.165) is 30.4 Å².